The van der Waals surface area contributed by atoms with Crippen molar-refractivity contribution in [2.45, 2.75) is 18.9 Å². The molecule has 0 aliphatic carbocycles. The van der Waals surface area contributed by atoms with E-state index in [1.54, 1.807) is 4.57 Å². The molecule has 3 nitrogen and oxygen atoms in total. The summed E-state index contributed by atoms with van der Waals surface area (Å²) in [6, 6.07) is 0.197. The van der Waals surface area contributed by atoms with Crippen molar-refractivity contribution in [2.24, 2.45) is 0 Å². The second kappa shape index (κ2) is 3.58. The lowest BCUT2D eigenvalue weighted by atomic mass is 10.1. The van der Waals surface area contributed by atoms with Gasteiger partial charge >= 0.3 is 0 Å². The molecule has 1 aliphatic heterocycles. The second-order valence-corrected chi connectivity index (χ2v) is 3.58. The van der Waals surface area contributed by atoms with Crippen LogP contribution < -0.4 is 0 Å². The zero-order chi connectivity index (χ0) is 10.1. The van der Waals surface area contributed by atoms with Crippen molar-refractivity contribution in [1.82, 2.24) is 9.55 Å². The average molecular weight is 233 g/mol. The van der Waals surface area contributed by atoms with Crippen LogP contribution in [-0.2, 0) is 4.74 Å². The lowest BCUT2D eigenvalue weighted by Crippen LogP contribution is -2.18. The number of imidazole rings is 1. The minimum Gasteiger partial charge on any atom is -0.381 e. The highest BCUT2D eigenvalue weighted by atomic mass is 79.9. The molecule has 1 aromatic heterocycles. The average Bonchev–Trinajstić information content (AvgIpc) is 2.43. The summed E-state index contributed by atoms with van der Waals surface area (Å²) in [6.45, 7) is 1.42. The van der Waals surface area contributed by atoms with Gasteiger partial charge in [-0.25, -0.2) is 4.98 Å². The monoisotopic (exact) mass is 232 g/mol. The first-order valence-corrected chi connectivity index (χ1v) is 4.78. The van der Waals surface area contributed by atoms with E-state index >= 15 is 0 Å². The van der Waals surface area contributed by atoms with Gasteiger partial charge in [0.05, 0.1) is 7.67 Å². The number of ether oxygens (including phenoxy) is 1. The van der Waals surface area contributed by atoms with Crippen LogP contribution in [0, 0.1) is 0 Å². The third kappa shape index (κ3) is 1.69. The Kier molecular flexibility index (Phi) is 1.84. The van der Waals surface area contributed by atoms with E-state index in [1.165, 1.54) is 0 Å². The Hall–Kier alpha value is -0.350. The fraction of sp³-hybridized carbons (Fsp3) is 0.625. The summed E-state index contributed by atoms with van der Waals surface area (Å²) in [5, 5.41) is 0. The van der Waals surface area contributed by atoms with Gasteiger partial charge in [0.1, 0.15) is 5.97 Å². The van der Waals surface area contributed by atoms with Gasteiger partial charge in [-0.1, -0.05) is 0 Å². The van der Waals surface area contributed by atoms with Gasteiger partial charge in [0.2, 0.25) is 0 Å². The topological polar surface area (TPSA) is 27.1 Å². The molecule has 0 saturated carbocycles. The van der Waals surface area contributed by atoms with Gasteiger partial charge in [0.25, 0.3) is 0 Å². The molecule has 0 aromatic carbocycles. The van der Waals surface area contributed by atoms with Gasteiger partial charge in [-0.2, -0.15) is 0 Å². The van der Waals surface area contributed by atoms with E-state index < -0.39 is 0 Å². The van der Waals surface area contributed by atoms with E-state index in [1.807, 2.05) is 0 Å². The maximum absolute atomic E-state index is 7.75. The van der Waals surface area contributed by atoms with Crippen LogP contribution in [0.25, 0.3) is 0 Å². The first-order valence-electron chi connectivity index (χ1n) is 4.99. The van der Waals surface area contributed by atoms with Crippen molar-refractivity contribution in [3.8, 4) is 0 Å². The Morgan fingerprint density at radius 2 is 2.42 bits per heavy atom. The number of nitrogens with zero attached hydrogens (tertiary/aromatic N) is 2. The Labute approximate surface area is 82.7 Å². The smallest absolute Gasteiger partial charge is 0.124 e. The van der Waals surface area contributed by atoms with Crippen molar-refractivity contribution in [2.75, 3.05) is 13.2 Å². The van der Waals surface area contributed by atoms with E-state index in [9.17, 15) is 0 Å². The van der Waals surface area contributed by atoms with Crippen LogP contribution in [0.5, 0.6) is 0 Å². The molecule has 4 heteroatoms. The molecule has 2 rings (SSSR count). The highest BCUT2D eigenvalue weighted by Gasteiger charge is 2.14. The Morgan fingerprint density at radius 3 is 3.00 bits per heavy atom. The fourth-order valence-corrected chi connectivity index (χ4v) is 1.63. The number of hydrogen-bond acceptors (Lipinski definition) is 2. The van der Waals surface area contributed by atoms with Crippen molar-refractivity contribution in [3.63, 3.8) is 0 Å². The molecular weight excluding hydrogens is 220 g/mol. The van der Waals surface area contributed by atoms with E-state index in [-0.39, 0.29) is 12.3 Å². The number of aromatic nitrogens is 2. The third-order valence-corrected chi connectivity index (χ3v) is 2.38. The van der Waals surface area contributed by atoms with Crippen molar-refractivity contribution in [1.29, 1.82) is 0 Å². The van der Waals surface area contributed by atoms with Crippen molar-refractivity contribution >= 4 is 15.9 Å². The molecule has 1 saturated heterocycles. The molecule has 0 N–H and O–H groups in total. The molecule has 1 fully saturated rings. The van der Waals surface area contributed by atoms with Crippen LogP contribution in [0.2, 0.25) is 0 Å². The predicted molar refractivity (Wildman–Crippen MR) is 49.0 cm³/mol. The highest BCUT2D eigenvalue weighted by Crippen LogP contribution is 2.21. The lowest BCUT2D eigenvalue weighted by molar-refractivity contribution is 0.0695. The van der Waals surface area contributed by atoms with Gasteiger partial charge in [0, 0.05) is 25.4 Å². The first kappa shape index (κ1) is 6.16. The third-order valence-electron chi connectivity index (χ3n) is 2.02. The molecule has 12 heavy (non-hydrogen) atoms. The van der Waals surface area contributed by atoms with Crippen LogP contribution in [0.3, 0.4) is 0 Å². The Morgan fingerprint density at radius 1 is 1.67 bits per heavy atom. The van der Waals surface area contributed by atoms with Crippen LogP contribution in [-0.4, -0.2) is 22.8 Å². The molecule has 1 aliphatic rings. The molecule has 0 atom stereocenters. The largest absolute Gasteiger partial charge is 0.381 e. The predicted octanol–water partition coefficient (Wildman–Crippen LogP) is 2.00. The Balaban J connectivity index is 2.29. The van der Waals surface area contributed by atoms with Gasteiger partial charge < -0.3 is 9.30 Å². The highest BCUT2D eigenvalue weighted by molar-refractivity contribution is 9.10. The molecule has 0 unspecified atom stereocenters. The van der Waals surface area contributed by atoms with Crippen molar-refractivity contribution in [3.05, 3.63) is 17.1 Å². The summed E-state index contributed by atoms with van der Waals surface area (Å²) in [7, 11) is 0. The number of rotatable bonds is 1. The van der Waals surface area contributed by atoms with Crippen LogP contribution in [0.15, 0.2) is 17.1 Å². The quantitative estimate of drug-likeness (QED) is 0.741. The summed E-state index contributed by atoms with van der Waals surface area (Å²) < 4.78 is 22.7. The molecular formula is C8H11BrN2O. The normalized spacial score (nSPS) is 22.1. The first-order chi connectivity index (χ1) is 6.70. The van der Waals surface area contributed by atoms with E-state index in [0.717, 1.165) is 12.8 Å². The fourth-order valence-electron chi connectivity index (χ4n) is 1.36. The number of hydrogen-bond donors (Lipinski definition) is 0. The Bertz CT molecular complexity index is 336. The van der Waals surface area contributed by atoms with Crippen LogP contribution >= 0.6 is 15.9 Å². The summed E-state index contributed by atoms with van der Waals surface area (Å²) in [6.07, 6.45) is 2.18. The number of halogens is 1. The molecule has 2 heterocycles. The molecule has 0 bridgehead atoms. The summed E-state index contributed by atoms with van der Waals surface area (Å²) >= 11 is 3.16. The van der Waals surface area contributed by atoms with Gasteiger partial charge in [-0.15, -0.1) is 0 Å². The standard InChI is InChI=1S/C8H11BrN2O/c9-8-5-11(6-10-8)7-1-3-12-4-2-7/h5-7H,1-4H2/i5D,6D. The maximum Gasteiger partial charge on any atom is 0.124 e. The molecule has 0 spiro atoms. The van der Waals surface area contributed by atoms with Crippen LogP contribution in [0.1, 0.15) is 21.6 Å². The SMILES string of the molecule is [2H]c1nc(Br)c([2H])n1C1CCOCC1. The summed E-state index contributed by atoms with van der Waals surface area (Å²) in [4.78, 5) is 3.90. The van der Waals surface area contributed by atoms with E-state index in [0.29, 0.717) is 24.0 Å². The zero-order valence-electron chi connectivity index (χ0n) is 8.59. The zero-order valence-corrected chi connectivity index (χ0v) is 8.17. The van der Waals surface area contributed by atoms with Gasteiger partial charge in [-0.05, 0) is 28.8 Å². The minimum absolute atomic E-state index is 0.161. The van der Waals surface area contributed by atoms with E-state index in [2.05, 4.69) is 20.9 Å². The maximum atomic E-state index is 7.75. The molecule has 0 radical (unpaired) electrons. The molecule has 1 aromatic rings. The summed E-state index contributed by atoms with van der Waals surface area (Å²) in [5.74, 6) is 0. The van der Waals surface area contributed by atoms with E-state index in [4.69, 9.17) is 7.48 Å². The molecule has 0 amide bonds. The lowest BCUT2D eigenvalue weighted by Gasteiger charge is -2.22. The van der Waals surface area contributed by atoms with Gasteiger partial charge in [-0.3, -0.25) is 0 Å². The second-order valence-electron chi connectivity index (χ2n) is 2.83. The van der Waals surface area contributed by atoms with Crippen molar-refractivity contribution < 1.29 is 7.48 Å². The summed E-state index contributed by atoms with van der Waals surface area (Å²) in [5.41, 5.74) is 0. The molecule has 66 valence electrons. The van der Waals surface area contributed by atoms with Gasteiger partial charge in [0.15, 0.2) is 0 Å². The minimum atomic E-state index is 0.161. The van der Waals surface area contributed by atoms with Crippen LogP contribution in [0.4, 0.5) is 0 Å².